The van der Waals surface area contributed by atoms with Gasteiger partial charge < -0.3 is 15.8 Å². The fraction of sp³-hybridized carbons (Fsp3) is 0.412. The van der Waals surface area contributed by atoms with Crippen LogP contribution in [0.4, 0.5) is 0 Å². The Hall–Kier alpha value is -1.40. The number of pyridine rings is 1. The summed E-state index contributed by atoms with van der Waals surface area (Å²) >= 11 is 0. The van der Waals surface area contributed by atoms with Crippen molar-refractivity contribution in [3.8, 4) is 0 Å². The minimum absolute atomic E-state index is 0. The number of para-hydroxylation sites is 1. The first kappa shape index (κ1) is 20.6. The van der Waals surface area contributed by atoms with Gasteiger partial charge in [0.15, 0.2) is 0 Å². The average Bonchev–Trinajstić information content (AvgIpc) is 2.59. The smallest absolute Gasteiger partial charge is 0.237 e. The third-order valence-corrected chi connectivity index (χ3v) is 4.25. The molecule has 1 aliphatic heterocycles. The van der Waals surface area contributed by atoms with E-state index in [-0.39, 0.29) is 36.6 Å². The maximum absolute atomic E-state index is 12.3. The maximum Gasteiger partial charge on any atom is 0.237 e. The van der Waals surface area contributed by atoms with E-state index in [1.54, 1.807) is 6.20 Å². The molecule has 2 aromatic rings. The molecule has 24 heavy (non-hydrogen) atoms. The lowest BCUT2D eigenvalue weighted by Crippen LogP contribution is -2.46. The van der Waals surface area contributed by atoms with Gasteiger partial charge in [-0.25, -0.2) is 0 Å². The largest absolute Gasteiger partial charge is 0.381 e. The maximum atomic E-state index is 12.3. The Balaban J connectivity index is 0.00000144. The highest BCUT2D eigenvalue weighted by Gasteiger charge is 2.26. The Morgan fingerprint density at radius 3 is 2.71 bits per heavy atom. The van der Waals surface area contributed by atoms with Crippen LogP contribution in [0.2, 0.25) is 0 Å². The summed E-state index contributed by atoms with van der Waals surface area (Å²) in [6.45, 7) is 1.84. The number of nitrogens with one attached hydrogen (secondary N) is 1. The number of nitrogens with two attached hydrogens (primary N) is 1. The minimum Gasteiger partial charge on any atom is -0.381 e. The van der Waals surface area contributed by atoms with Gasteiger partial charge in [0, 0.05) is 31.3 Å². The molecule has 1 fully saturated rings. The van der Waals surface area contributed by atoms with Crippen molar-refractivity contribution in [2.75, 3.05) is 13.2 Å². The zero-order valence-electron chi connectivity index (χ0n) is 13.3. The van der Waals surface area contributed by atoms with Crippen LogP contribution in [-0.2, 0) is 16.1 Å². The van der Waals surface area contributed by atoms with Crippen molar-refractivity contribution < 1.29 is 9.53 Å². The molecule has 0 radical (unpaired) electrons. The van der Waals surface area contributed by atoms with E-state index in [0.29, 0.717) is 19.8 Å². The molecule has 3 N–H and O–H groups in total. The quantitative estimate of drug-likeness (QED) is 0.864. The summed E-state index contributed by atoms with van der Waals surface area (Å²) < 4.78 is 5.31. The Morgan fingerprint density at radius 2 is 1.96 bits per heavy atom. The molecular weight excluding hydrogens is 349 g/mol. The molecule has 7 heteroatoms. The number of rotatable bonds is 4. The predicted molar refractivity (Wildman–Crippen MR) is 99.6 cm³/mol. The van der Waals surface area contributed by atoms with Gasteiger partial charge in [0.1, 0.15) is 0 Å². The van der Waals surface area contributed by atoms with Crippen LogP contribution >= 0.6 is 24.8 Å². The highest BCUT2D eigenvalue weighted by atomic mass is 35.5. The molecule has 2 heterocycles. The van der Waals surface area contributed by atoms with Gasteiger partial charge in [-0.3, -0.25) is 9.78 Å². The van der Waals surface area contributed by atoms with E-state index in [0.717, 1.165) is 29.3 Å². The highest BCUT2D eigenvalue weighted by molar-refractivity contribution is 5.86. The van der Waals surface area contributed by atoms with E-state index in [9.17, 15) is 4.79 Å². The third kappa shape index (κ3) is 4.80. The molecule has 1 aromatic heterocycles. The number of hydrogen-bond acceptors (Lipinski definition) is 4. The number of ether oxygens (including phenoxy) is 1. The molecule has 0 aliphatic carbocycles. The zero-order chi connectivity index (χ0) is 15.4. The topological polar surface area (TPSA) is 77.2 Å². The molecule has 3 rings (SSSR count). The van der Waals surface area contributed by atoms with Crippen LogP contribution in [-0.4, -0.2) is 30.1 Å². The van der Waals surface area contributed by atoms with Gasteiger partial charge in [0.05, 0.1) is 11.6 Å². The van der Waals surface area contributed by atoms with E-state index < -0.39 is 6.04 Å². The van der Waals surface area contributed by atoms with Crippen LogP contribution in [0.15, 0.2) is 36.5 Å². The fourth-order valence-corrected chi connectivity index (χ4v) is 2.90. The standard InChI is InChI=1S/C17H21N3O2.2ClH/c18-15(12-6-9-22-10-7-12)17(21)20-11-14-4-1-3-13-5-2-8-19-16(13)14;;/h1-5,8,12,15H,6-7,9-11,18H2,(H,20,21);2*1H. The first-order chi connectivity index (χ1) is 10.8. The second-order valence-corrected chi connectivity index (χ2v) is 5.69. The predicted octanol–water partition coefficient (Wildman–Crippen LogP) is 2.45. The van der Waals surface area contributed by atoms with Crippen LogP contribution in [0.5, 0.6) is 0 Å². The highest BCUT2D eigenvalue weighted by Crippen LogP contribution is 2.18. The number of aromatic nitrogens is 1. The first-order valence-electron chi connectivity index (χ1n) is 7.69. The van der Waals surface area contributed by atoms with Crippen LogP contribution in [0.1, 0.15) is 18.4 Å². The normalized spacial score (nSPS) is 15.9. The van der Waals surface area contributed by atoms with E-state index in [2.05, 4.69) is 10.3 Å². The van der Waals surface area contributed by atoms with E-state index >= 15 is 0 Å². The minimum atomic E-state index is -0.466. The lowest BCUT2D eigenvalue weighted by molar-refractivity contribution is -0.124. The SMILES string of the molecule is Cl.Cl.NC(C(=O)NCc1cccc2cccnc12)C1CCOCC1. The Labute approximate surface area is 154 Å². The van der Waals surface area contributed by atoms with Gasteiger partial charge in [0.25, 0.3) is 0 Å². The van der Waals surface area contributed by atoms with Crippen LogP contribution in [0.3, 0.4) is 0 Å². The molecular formula is C17H23Cl2N3O2. The first-order valence-corrected chi connectivity index (χ1v) is 7.69. The Bertz CT molecular complexity index is 658. The van der Waals surface area contributed by atoms with Crippen molar-refractivity contribution in [1.29, 1.82) is 0 Å². The Morgan fingerprint density at radius 1 is 1.25 bits per heavy atom. The molecule has 1 unspecified atom stereocenters. The molecule has 1 amide bonds. The van der Waals surface area contributed by atoms with Crippen molar-refractivity contribution in [1.82, 2.24) is 10.3 Å². The van der Waals surface area contributed by atoms with Crippen molar-refractivity contribution in [3.05, 3.63) is 42.1 Å². The number of fused-ring (bicyclic) bond motifs is 1. The number of hydrogen-bond donors (Lipinski definition) is 2. The molecule has 0 saturated carbocycles. The summed E-state index contributed by atoms with van der Waals surface area (Å²) in [7, 11) is 0. The zero-order valence-corrected chi connectivity index (χ0v) is 14.9. The molecule has 1 aliphatic rings. The summed E-state index contributed by atoms with van der Waals surface area (Å²) in [4.78, 5) is 16.6. The van der Waals surface area contributed by atoms with Crippen LogP contribution in [0, 0.1) is 5.92 Å². The average molecular weight is 372 g/mol. The Kier molecular flexibility index (Phi) is 8.42. The number of amides is 1. The van der Waals surface area contributed by atoms with Crippen LogP contribution < -0.4 is 11.1 Å². The molecule has 1 saturated heterocycles. The monoisotopic (exact) mass is 371 g/mol. The van der Waals surface area contributed by atoms with Gasteiger partial charge in [-0.15, -0.1) is 24.8 Å². The fourth-order valence-electron chi connectivity index (χ4n) is 2.90. The lowest BCUT2D eigenvalue weighted by Gasteiger charge is -2.26. The molecule has 0 spiro atoms. The number of nitrogens with zero attached hydrogens (tertiary/aromatic N) is 1. The summed E-state index contributed by atoms with van der Waals surface area (Å²) in [5, 5.41) is 4.02. The number of carbonyl (C=O) groups is 1. The lowest BCUT2D eigenvalue weighted by atomic mass is 9.92. The summed E-state index contributed by atoms with van der Waals surface area (Å²) in [5.74, 6) is 0.110. The summed E-state index contributed by atoms with van der Waals surface area (Å²) in [6.07, 6.45) is 3.47. The number of halogens is 2. The van der Waals surface area contributed by atoms with E-state index in [4.69, 9.17) is 10.5 Å². The van der Waals surface area contributed by atoms with Crippen molar-refractivity contribution >= 4 is 41.6 Å². The van der Waals surface area contributed by atoms with Gasteiger partial charge >= 0.3 is 0 Å². The molecule has 1 aromatic carbocycles. The molecule has 5 nitrogen and oxygen atoms in total. The number of benzene rings is 1. The van der Waals surface area contributed by atoms with E-state index in [1.807, 2.05) is 30.3 Å². The molecule has 0 bridgehead atoms. The van der Waals surface area contributed by atoms with Gasteiger partial charge in [-0.1, -0.05) is 24.3 Å². The van der Waals surface area contributed by atoms with E-state index in [1.165, 1.54) is 0 Å². The van der Waals surface area contributed by atoms with Crippen molar-refractivity contribution in [2.24, 2.45) is 11.7 Å². The van der Waals surface area contributed by atoms with Gasteiger partial charge in [-0.2, -0.15) is 0 Å². The summed E-state index contributed by atoms with van der Waals surface area (Å²) in [5.41, 5.74) is 8.01. The third-order valence-electron chi connectivity index (χ3n) is 4.25. The number of carbonyl (C=O) groups excluding carboxylic acids is 1. The van der Waals surface area contributed by atoms with Gasteiger partial charge in [-0.05, 0) is 30.4 Å². The van der Waals surface area contributed by atoms with Crippen LogP contribution in [0.25, 0.3) is 10.9 Å². The van der Waals surface area contributed by atoms with Gasteiger partial charge in [0.2, 0.25) is 5.91 Å². The summed E-state index contributed by atoms with van der Waals surface area (Å²) in [6, 6.07) is 9.43. The second kappa shape index (κ2) is 9.79. The molecule has 1 atom stereocenters. The van der Waals surface area contributed by atoms with Crippen molar-refractivity contribution in [2.45, 2.75) is 25.4 Å². The van der Waals surface area contributed by atoms with Crippen molar-refractivity contribution in [3.63, 3.8) is 0 Å². The second-order valence-electron chi connectivity index (χ2n) is 5.69. The molecule has 132 valence electrons.